The molecule has 0 aliphatic heterocycles. The highest BCUT2D eigenvalue weighted by atomic mass is 32.2. The third-order valence-corrected chi connectivity index (χ3v) is 3.94. The van der Waals surface area contributed by atoms with E-state index in [0.717, 1.165) is 0 Å². The molecule has 1 aromatic heterocycles. The fourth-order valence-electron chi connectivity index (χ4n) is 1.34. The minimum absolute atomic E-state index is 0.0707. The van der Waals surface area contributed by atoms with Gasteiger partial charge in [0.2, 0.25) is 10.0 Å². The van der Waals surface area contributed by atoms with E-state index in [1.807, 2.05) is 13.8 Å². The first-order chi connectivity index (χ1) is 9.33. The first-order valence-corrected chi connectivity index (χ1v) is 8.05. The summed E-state index contributed by atoms with van der Waals surface area (Å²) in [7, 11) is -3.58. The normalized spacial score (nSPS) is 11.8. The Kier molecular flexibility index (Phi) is 6.47. The van der Waals surface area contributed by atoms with Crippen LogP contribution in [0.1, 0.15) is 19.5 Å². The molecule has 0 fully saturated rings. The van der Waals surface area contributed by atoms with E-state index in [2.05, 4.69) is 9.71 Å². The van der Waals surface area contributed by atoms with Gasteiger partial charge in [0.15, 0.2) is 0 Å². The highest BCUT2D eigenvalue weighted by Gasteiger charge is 2.14. The standard InChI is InChI=1S/C12H19N3O3S2/c1-9(2)8-18-6-5-15-20(16,17)10-3-4-11(12(13)19)14-7-10/h3-4,7,9,15H,5-6,8H2,1-2H3,(H2,13,19). The van der Waals surface area contributed by atoms with E-state index in [9.17, 15) is 8.42 Å². The fourth-order valence-corrected chi connectivity index (χ4v) is 2.41. The van der Waals surface area contributed by atoms with Crippen molar-refractivity contribution >= 4 is 27.2 Å². The van der Waals surface area contributed by atoms with E-state index in [4.69, 9.17) is 22.7 Å². The van der Waals surface area contributed by atoms with Crippen LogP contribution in [0.3, 0.4) is 0 Å². The fraction of sp³-hybridized carbons (Fsp3) is 0.500. The van der Waals surface area contributed by atoms with Crippen molar-refractivity contribution in [1.82, 2.24) is 9.71 Å². The van der Waals surface area contributed by atoms with E-state index in [1.165, 1.54) is 18.3 Å². The van der Waals surface area contributed by atoms with Gasteiger partial charge in [0.1, 0.15) is 9.88 Å². The Morgan fingerprint density at radius 3 is 2.70 bits per heavy atom. The SMILES string of the molecule is CC(C)COCCNS(=O)(=O)c1ccc(C(N)=S)nc1. The van der Waals surface area contributed by atoms with E-state index >= 15 is 0 Å². The highest BCUT2D eigenvalue weighted by molar-refractivity contribution is 7.89. The van der Waals surface area contributed by atoms with Gasteiger partial charge in [-0.1, -0.05) is 26.1 Å². The summed E-state index contributed by atoms with van der Waals surface area (Å²) in [6.07, 6.45) is 1.23. The molecule has 8 heteroatoms. The zero-order chi connectivity index (χ0) is 15.2. The maximum atomic E-state index is 11.9. The van der Waals surface area contributed by atoms with Gasteiger partial charge < -0.3 is 10.5 Å². The molecule has 1 rings (SSSR count). The lowest BCUT2D eigenvalue weighted by Gasteiger charge is -2.09. The lowest BCUT2D eigenvalue weighted by Crippen LogP contribution is -2.28. The molecule has 0 atom stereocenters. The molecule has 0 radical (unpaired) electrons. The van der Waals surface area contributed by atoms with Crippen LogP contribution in [0.15, 0.2) is 23.2 Å². The second kappa shape index (κ2) is 7.63. The van der Waals surface area contributed by atoms with E-state index < -0.39 is 10.0 Å². The van der Waals surface area contributed by atoms with Gasteiger partial charge in [-0.05, 0) is 18.1 Å². The quantitative estimate of drug-likeness (QED) is 0.540. The van der Waals surface area contributed by atoms with Crippen molar-refractivity contribution in [2.45, 2.75) is 18.7 Å². The Morgan fingerprint density at radius 2 is 2.20 bits per heavy atom. The van der Waals surface area contributed by atoms with E-state index in [-0.39, 0.29) is 16.4 Å². The molecule has 3 N–H and O–H groups in total. The molecule has 20 heavy (non-hydrogen) atoms. The number of rotatable bonds is 8. The predicted molar refractivity (Wildman–Crippen MR) is 81.0 cm³/mol. The average Bonchev–Trinajstić information content (AvgIpc) is 2.38. The number of aromatic nitrogens is 1. The predicted octanol–water partition coefficient (Wildman–Crippen LogP) is 0.667. The minimum Gasteiger partial charge on any atom is -0.388 e. The molecule has 0 aliphatic carbocycles. The molecule has 0 amide bonds. The number of nitrogens with one attached hydrogen (secondary N) is 1. The summed E-state index contributed by atoms with van der Waals surface area (Å²) >= 11 is 4.75. The first kappa shape index (κ1) is 17.0. The molecule has 0 aliphatic rings. The highest BCUT2D eigenvalue weighted by Crippen LogP contribution is 2.07. The Morgan fingerprint density at radius 1 is 1.50 bits per heavy atom. The summed E-state index contributed by atoms with van der Waals surface area (Å²) in [5, 5.41) is 0. The van der Waals surface area contributed by atoms with Crippen LogP contribution in [0.5, 0.6) is 0 Å². The maximum Gasteiger partial charge on any atom is 0.242 e. The Bertz CT molecular complexity index is 542. The minimum atomic E-state index is -3.58. The molecule has 1 aromatic rings. The second-order valence-corrected chi connectivity index (χ2v) is 6.82. The molecular formula is C12H19N3O3S2. The lowest BCUT2D eigenvalue weighted by atomic mass is 10.2. The van der Waals surface area contributed by atoms with Gasteiger partial charge in [0.05, 0.1) is 12.3 Å². The summed E-state index contributed by atoms with van der Waals surface area (Å²) in [4.78, 5) is 4.09. The number of hydrogen-bond acceptors (Lipinski definition) is 5. The third-order valence-electron chi connectivity index (χ3n) is 2.29. The van der Waals surface area contributed by atoms with Crippen molar-refractivity contribution in [1.29, 1.82) is 0 Å². The number of hydrogen-bond donors (Lipinski definition) is 2. The van der Waals surface area contributed by atoms with Gasteiger partial charge in [0, 0.05) is 19.3 Å². The van der Waals surface area contributed by atoms with Crippen molar-refractivity contribution in [2.24, 2.45) is 11.7 Å². The molecule has 112 valence electrons. The number of sulfonamides is 1. The van der Waals surface area contributed by atoms with E-state index in [1.54, 1.807) is 0 Å². The van der Waals surface area contributed by atoms with Gasteiger partial charge in [-0.3, -0.25) is 4.98 Å². The van der Waals surface area contributed by atoms with Crippen LogP contribution in [0.25, 0.3) is 0 Å². The molecule has 0 bridgehead atoms. The zero-order valence-corrected chi connectivity index (χ0v) is 13.1. The molecule has 0 aromatic carbocycles. The number of thiocarbonyl (C=S) groups is 1. The van der Waals surface area contributed by atoms with Crippen LogP contribution in [-0.4, -0.2) is 38.1 Å². The third kappa shape index (κ3) is 5.49. The maximum absolute atomic E-state index is 11.9. The Labute approximate surface area is 124 Å². The van der Waals surface area contributed by atoms with Gasteiger partial charge in [0.25, 0.3) is 0 Å². The molecule has 0 saturated carbocycles. The van der Waals surface area contributed by atoms with Crippen LogP contribution in [0.4, 0.5) is 0 Å². The first-order valence-electron chi connectivity index (χ1n) is 6.16. The number of ether oxygens (including phenoxy) is 1. The lowest BCUT2D eigenvalue weighted by molar-refractivity contribution is 0.114. The van der Waals surface area contributed by atoms with Crippen molar-refractivity contribution in [3.8, 4) is 0 Å². The van der Waals surface area contributed by atoms with Crippen LogP contribution in [0, 0.1) is 5.92 Å². The van der Waals surface area contributed by atoms with Gasteiger partial charge in [-0.15, -0.1) is 0 Å². The number of pyridine rings is 1. The number of nitrogens with zero attached hydrogens (tertiary/aromatic N) is 1. The van der Waals surface area contributed by atoms with Crippen LogP contribution in [0.2, 0.25) is 0 Å². The summed E-state index contributed by atoms with van der Waals surface area (Å²) in [6, 6.07) is 2.89. The zero-order valence-electron chi connectivity index (χ0n) is 11.5. The topological polar surface area (TPSA) is 94.3 Å². The van der Waals surface area contributed by atoms with E-state index in [0.29, 0.717) is 24.8 Å². The largest absolute Gasteiger partial charge is 0.388 e. The second-order valence-electron chi connectivity index (χ2n) is 4.61. The smallest absolute Gasteiger partial charge is 0.242 e. The summed E-state index contributed by atoms with van der Waals surface area (Å²) in [5.41, 5.74) is 5.79. The van der Waals surface area contributed by atoms with Crippen LogP contribution in [-0.2, 0) is 14.8 Å². The van der Waals surface area contributed by atoms with Crippen molar-refractivity contribution < 1.29 is 13.2 Å². The monoisotopic (exact) mass is 317 g/mol. The van der Waals surface area contributed by atoms with Crippen molar-refractivity contribution in [3.05, 3.63) is 24.0 Å². The summed E-state index contributed by atoms with van der Waals surface area (Å²) in [6.45, 7) is 5.20. The summed E-state index contributed by atoms with van der Waals surface area (Å²) in [5.74, 6) is 0.420. The van der Waals surface area contributed by atoms with Gasteiger partial charge >= 0.3 is 0 Å². The average molecular weight is 317 g/mol. The molecule has 6 nitrogen and oxygen atoms in total. The van der Waals surface area contributed by atoms with Crippen LogP contribution < -0.4 is 10.5 Å². The van der Waals surface area contributed by atoms with Gasteiger partial charge in [-0.25, -0.2) is 13.1 Å². The van der Waals surface area contributed by atoms with Crippen molar-refractivity contribution in [2.75, 3.05) is 19.8 Å². The summed E-state index contributed by atoms with van der Waals surface area (Å²) < 4.78 is 31.6. The number of nitrogens with two attached hydrogens (primary N) is 1. The molecule has 0 unspecified atom stereocenters. The van der Waals surface area contributed by atoms with Crippen LogP contribution >= 0.6 is 12.2 Å². The van der Waals surface area contributed by atoms with Crippen molar-refractivity contribution in [3.63, 3.8) is 0 Å². The molecule has 0 spiro atoms. The molecule has 1 heterocycles. The molecular weight excluding hydrogens is 298 g/mol. The molecule has 0 saturated heterocycles. The van der Waals surface area contributed by atoms with Gasteiger partial charge in [-0.2, -0.15) is 0 Å². The Hall–Kier alpha value is -1.09. The Balaban J connectivity index is 2.54.